The monoisotopic (exact) mass is 419 g/mol. The molecule has 0 heterocycles. The van der Waals surface area contributed by atoms with Crippen molar-refractivity contribution in [3.8, 4) is 5.75 Å². The van der Waals surface area contributed by atoms with Crippen LogP contribution in [0.5, 0.6) is 5.75 Å². The van der Waals surface area contributed by atoms with Gasteiger partial charge < -0.3 is 24.4 Å². The summed E-state index contributed by atoms with van der Waals surface area (Å²) >= 11 is 0. The molecule has 0 bridgehead atoms. The summed E-state index contributed by atoms with van der Waals surface area (Å²) in [6.45, 7) is -1.10. The van der Waals surface area contributed by atoms with E-state index in [1.165, 1.54) is 0 Å². The maximum Gasteiger partial charge on any atom is 0.339 e. The van der Waals surface area contributed by atoms with Crippen LogP contribution in [0.15, 0.2) is 18.2 Å². The van der Waals surface area contributed by atoms with Gasteiger partial charge >= 0.3 is 11.9 Å². The van der Waals surface area contributed by atoms with Crippen LogP contribution in [0, 0.1) is 30.3 Å². The van der Waals surface area contributed by atoms with Crippen molar-refractivity contribution in [1.82, 2.24) is 0 Å². The minimum Gasteiger partial charge on any atom is -0.478 e. The molecule has 16 nitrogen and oxygen atoms in total. The van der Waals surface area contributed by atoms with Gasteiger partial charge in [-0.05, 0) is 6.07 Å². The van der Waals surface area contributed by atoms with Crippen molar-refractivity contribution >= 4 is 11.9 Å². The summed E-state index contributed by atoms with van der Waals surface area (Å²) in [6.07, 6.45) is -1.87. The van der Waals surface area contributed by atoms with Gasteiger partial charge in [-0.15, -0.1) is 30.3 Å². The Morgan fingerprint density at radius 2 is 1.62 bits per heavy atom. The summed E-state index contributed by atoms with van der Waals surface area (Å²) in [6, 6.07) is 3.32. The molecule has 0 fully saturated rings. The number of para-hydroxylation sites is 1. The topological polar surface area (TPSA) is 221 Å². The zero-order valence-corrected chi connectivity index (χ0v) is 14.5. The second kappa shape index (κ2) is 10.2. The number of hydrogen-bond acceptors (Lipinski definition) is 12. The fraction of sp³-hybridized carbons (Fsp3) is 0.385. The third kappa shape index (κ3) is 7.12. The molecule has 0 aromatic heterocycles. The molecule has 0 saturated heterocycles. The molecule has 158 valence electrons. The molecule has 29 heavy (non-hydrogen) atoms. The van der Waals surface area contributed by atoms with Crippen LogP contribution >= 0.6 is 0 Å². The molecule has 0 saturated carbocycles. The highest BCUT2D eigenvalue weighted by atomic mass is 17.0. The van der Waals surface area contributed by atoms with Gasteiger partial charge in [-0.3, -0.25) is 4.79 Å². The van der Waals surface area contributed by atoms with E-state index in [1.807, 2.05) is 0 Å². The van der Waals surface area contributed by atoms with E-state index in [0.717, 1.165) is 25.1 Å². The maximum absolute atomic E-state index is 11.4. The normalized spacial score (nSPS) is 12.2. The summed E-state index contributed by atoms with van der Waals surface area (Å²) < 4.78 is 4.86. The maximum atomic E-state index is 11.4. The number of esters is 1. The Bertz CT molecular complexity index is 811. The highest BCUT2D eigenvalue weighted by Gasteiger charge is 2.33. The Morgan fingerprint density at radius 3 is 2.10 bits per heavy atom. The number of carboxylic acid groups (broad SMARTS) is 1. The van der Waals surface area contributed by atoms with Crippen LogP contribution in [0.3, 0.4) is 0 Å². The first kappa shape index (κ1) is 22.8. The Hall–Kier alpha value is -4.24. The van der Waals surface area contributed by atoms with Crippen molar-refractivity contribution in [2.45, 2.75) is 18.9 Å². The van der Waals surface area contributed by atoms with E-state index >= 15 is 0 Å². The molecule has 2 unspecified atom stereocenters. The van der Waals surface area contributed by atoms with E-state index in [1.54, 1.807) is 0 Å². The Morgan fingerprint density at radius 1 is 1.03 bits per heavy atom. The number of carbonyl (C=O) groups excluding carboxylic acids is 1. The average Bonchev–Trinajstić information content (AvgIpc) is 2.59. The molecule has 0 aliphatic rings. The van der Waals surface area contributed by atoms with E-state index < -0.39 is 63.7 Å². The van der Waals surface area contributed by atoms with Crippen LogP contribution in [0.2, 0.25) is 0 Å². The van der Waals surface area contributed by atoms with E-state index in [2.05, 4.69) is 14.5 Å². The minimum atomic E-state index is -1.87. The third-order valence-electron chi connectivity index (χ3n) is 3.30. The molecule has 2 atom stereocenters. The van der Waals surface area contributed by atoms with Crippen LogP contribution in [-0.4, -0.2) is 51.6 Å². The highest BCUT2D eigenvalue weighted by molar-refractivity contribution is 5.92. The lowest BCUT2D eigenvalue weighted by molar-refractivity contribution is -0.793. The van der Waals surface area contributed by atoms with Gasteiger partial charge in [-0.25, -0.2) is 4.79 Å². The minimum absolute atomic E-state index is 0.291. The second-order valence-electron chi connectivity index (χ2n) is 5.14. The van der Waals surface area contributed by atoms with Gasteiger partial charge in [0.2, 0.25) is 0 Å². The summed E-state index contributed by atoms with van der Waals surface area (Å²) in [4.78, 5) is 67.2. The van der Waals surface area contributed by atoms with Crippen molar-refractivity contribution in [2.24, 2.45) is 0 Å². The van der Waals surface area contributed by atoms with Crippen LogP contribution in [0.4, 0.5) is 0 Å². The predicted octanol–water partition coefficient (Wildman–Crippen LogP) is 0.387. The van der Waals surface area contributed by atoms with Gasteiger partial charge in [0, 0.05) is 18.4 Å². The lowest BCUT2D eigenvalue weighted by Gasteiger charge is -2.26. The Balaban J connectivity index is 3.54. The number of nitrogens with zero attached hydrogens (tertiary/aromatic N) is 3. The number of aromatic carboxylic acids is 1. The fourth-order valence-electron chi connectivity index (χ4n) is 2.28. The van der Waals surface area contributed by atoms with Gasteiger partial charge in [0.15, 0.2) is 0 Å². The molecule has 0 spiro atoms. The molecular weight excluding hydrogens is 406 g/mol. The second-order valence-corrected chi connectivity index (χ2v) is 5.14. The zero-order chi connectivity index (χ0) is 22.1. The van der Waals surface area contributed by atoms with Crippen LogP contribution in [-0.2, 0) is 19.3 Å². The summed E-state index contributed by atoms with van der Waals surface area (Å²) in [5.41, 5.74) is -0.848. The van der Waals surface area contributed by atoms with Crippen molar-refractivity contribution < 1.29 is 49.2 Å². The van der Waals surface area contributed by atoms with Crippen molar-refractivity contribution in [1.29, 1.82) is 0 Å². The van der Waals surface area contributed by atoms with E-state index in [-0.39, 0.29) is 5.56 Å². The number of ether oxygens (including phenoxy) is 1. The number of benzene rings is 1. The molecule has 0 aliphatic carbocycles. The lowest BCUT2D eigenvalue weighted by atomic mass is 9.91. The molecule has 0 amide bonds. The fourth-order valence-corrected chi connectivity index (χ4v) is 2.28. The molecule has 1 aromatic carbocycles. The molecule has 0 aliphatic heterocycles. The number of rotatable bonds is 12. The van der Waals surface area contributed by atoms with Gasteiger partial charge in [-0.1, -0.05) is 12.1 Å². The van der Waals surface area contributed by atoms with Crippen LogP contribution < -0.4 is 4.74 Å². The van der Waals surface area contributed by atoms with Crippen molar-refractivity contribution in [3.05, 3.63) is 59.7 Å². The predicted molar refractivity (Wildman–Crippen MR) is 85.2 cm³/mol. The quantitative estimate of drug-likeness (QED) is 0.210. The van der Waals surface area contributed by atoms with Crippen LogP contribution in [0.1, 0.15) is 28.8 Å². The smallest absolute Gasteiger partial charge is 0.339 e. The van der Waals surface area contributed by atoms with E-state index in [0.29, 0.717) is 0 Å². The number of carboxylic acids is 1. The molecule has 1 rings (SSSR count). The summed E-state index contributed by atoms with van der Waals surface area (Å²) in [5, 5.41) is 37.2. The van der Waals surface area contributed by atoms with E-state index in [4.69, 9.17) is 4.74 Å². The lowest BCUT2D eigenvalue weighted by Crippen LogP contribution is -2.34. The summed E-state index contributed by atoms with van der Waals surface area (Å²) in [7, 11) is 0. The third-order valence-corrected chi connectivity index (χ3v) is 3.30. The first-order valence-corrected chi connectivity index (χ1v) is 7.43. The summed E-state index contributed by atoms with van der Waals surface area (Å²) in [5.74, 6) is -4.70. The molecule has 1 N–H and O–H groups in total. The molecule has 16 heteroatoms. The SMILES string of the molecule is CC(=O)Oc1c(C(=O)O)cccc1C(CO[N+](=O)[O-])C(CO[N+](=O)[O-])O[N+](=O)[O-]. The number of carbonyl (C=O) groups is 2. The first-order chi connectivity index (χ1) is 13.5. The van der Waals surface area contributed by atoms with Crippen LogP contribution in [0.25, 0.3) is 0 Å². The highest BCUT2D eigenvalue weighted by Crippen LogP contribution is 2.34. The van der Waals surface area contributed by atoms with Crippen molar-refractivity contribution in [3.63, 3.8) is 0 Å². The Kier molecular flexibility index (Phi) is 8.01. The Labute approximate surface area is 159 Å². The van der Waals surface area contributed by atoms with Gasteiger partial charge in [-0.2, -0.15) is 0 Å². The zero-order valence-electron chi connectivity index (χ0n) is 14.5. The molecular formula is C13H13N3O13. The molecule has 1 aromatic rings. The van der Waals surface area contributed by atoms with E-state index in [9.17, 15) is 45.0 Å². The molecule has 0 radical (unpaired) electrons. The van der Waals surface area contributed by atoms with Gasteiger partial charge in [0.05, 0.1) is 0 Å². The van der Waals surface area contributed by atoms with Gasteiger partial charge in [0.1, 0.15) is 30.6 Å². The average molecular weight is 419 g/mol. The first-order valence-electron chi connectivity index (χ1n) is 7.43. The largest absolute Gasteiger partial charge is 0.478 e. The standard InChI is InChI=1S/C13H13N3O13/c1-7(17)28-12-8(3-2-4-9(12)13(18)19)10(5-26-14(20)21)11(29-16(24)25)6-27-15(22)23/h2-4,10-11H,5-6H2,1H3,(H,18,19). The van der Waals surface area contributed by atoms with Crippen molar-refractivity contribution in [2.75, 3.05) is 13.2 Å². The van der Waals surface area contributed by atoms with Gasteiger partial charge in [0.25, 0.3) is 15.3 Å². The number of hydrogen-bond donors (Lipinski definition) is 1.